The number of halogens is 1. The lowest BCUT2D eigenvalue weighted by Crippen LogP contribution is -2.09. The summed E-state index contributed by atoms with van der Waals surface area (Å²) in [6.07, 6.45) is 6.99. The van der Waals surface area contributed by atoms with Crippen LogP contribution in [0.5, 0.6) is 11.5 Å². The van der Waals surface area contributed by atoms with Gasteiger partial charge in [-0.1, -0.05) is 12.0 Å². The summed E-state index contributed by atoms with van der Waals surface area (Å²) >= 11 is 3.64. The second-order valence-corrected chi connectivity index (χ2v) is 6.07. The van der Waals surface area contributed by atoms with Crippen LogP contribution in [0.3, 0.4) is 0 Å². The summed E-state index contributed by atoms with van der Waals surface area (Å²) in [5.41, 5.74) is 2.34. The predicted octanol–water partition coefficient (Wildman–Crippen LogP) is 3.54. The molecule has 0 amide bonds. The van der Waals surface area contributed by atoms with Crippen molar-refractivity contribution in [3.63, 3.8) is 0 Å². The van der Waals surface area contributed by atoms with Crippen LogP contribution in [0.15, 0.2) is 42.7 Å². The molecule has 0 aliphatic heterocycles. The second-order valence-electron chi connectivity index (χ2n) is 6.07. The van der Waals surface area contributed by atoms with Gasteiger partial charge in [-0.2, -0.15) is 0 Å². The maximum absolute atomic E-state index is 6.47. The number of fused-ring (bicyclic) bond motifs is 1. The van der Waals surface area contributed by atoms with E-state index in [4.69, 9.17) is 30.0 Å². The highest BCUT2D eigenvalue weighted by Crippen LogP contribution is 2.35. The molecule has 31 heavy (non-hydrogen) atoms. The van der Waals surface area contributed by atoms with E-state index in [2.05, 4.69) is 33.1 Å². The Morgan fingerprint density at radius 3 is 2.29 bits per heavy atom. The quantitative estimate of drug-likeness (QED) is 0.361. The molecule has 0 saturated carbocycles. The lowest BCUT2D eigenvalue weighted by Gasteiger charge is -2.15. The minimum atomic E-state index is 0.392. The van der Waals surface area contributed by atoms with Gasteiger partial charge in [0.15, 0.2) is 11.5 Å². The van der Waals surface area contributed by atoms with Crippen LogP contribution < -0.4 is 14.8 Å². The van der Waals surface area contributed by atoms with Crippen molar-refractivity contribution in [2.24, 2.45) is 0 Å². The van der Waals surface area contributed by atoms with Crippen molar-refractivity contribution in [3.05, 3.63) is 48.3 Å². The van der Waals surface area contributed by atoms with E-state index in [1.54, 1.807) is 14.2 Å². The van der Waals surface area contributed by atoms with Gasteiger partial charge in [-0.25, -0.2) is 9.97 Å². The first-order valence-electron chi connectivity index (χ1n) is 9.28. The molecule has 0 saturated heterocycles. The molecule has 2 N–H and O–H groups in total. The molecular weight excluding hydrogens is 422 g/mol. The average molecular weight is 446 g/mol. The molecule has 0 unspecified atom stereocenters. The van der Waals surface area contributed by atoms with Gasteiger partial charge >= 0.3 is 0 Å². The molecule has 0 fully saturated rings. The number of terminal acetylenes is 1. The number of hydrogen-bond acceptors (Lipinski definition) is 8. The second kappa shape index (κ2) is 13.3. The van der Waals surface area contributed by atoms with Gasteiger partial charge in [0.25, 0.3) is 0 Å². The van der Waals surface area contributed by atoms with Crippen LogP contribution in [0.2, 0.25) is 0 Å². The Hall–Kier alpha value is -3.09. The van der Waals surface area contributed by atoms with Crippen molar-refractivity contribution in [1.82, 2.24) is 9.97 Å². The molecule has 0 radical (unpaired) electrons. The third-order valence-electron chi connectivity index (χ3n) is 4.08. The summed E-state index contributed by atoms with van der Waals surface area (Å²) in [5.74, 6) is 4.44. The van der Waals surface area contributed by atoms with Crippen LogP contribution in [0.1, 0.15) is 5.56 Å². The van der Waals surface area contributed by atoms with Gasteiger partial charge in [-0.05, 0) is 24.3 Å². The number of hydrogen-bond donors (Lipinski definition) is 2. The molecule has 0 spiro atoms. The Kier molecular flexibility index (Phi) is 10.3. The third kappa shape index (κ3) is 6.98. The molecule has 3 rings (SSSR count). The highest BCUT2D eigenvalue weighted by atomic mass is 35.5. The van der Waals surface area contributed by atoms with Gasteiger partial charge in [0.2, 0.25) is 0 Å². The monoisotopic (exact) mass is 445 g/mol. The molecule has 2 aromatic carbocycles. The molecule has 0 aliphatic carbocycles. The SMILES string of the molecule is C#Cc1cccc(Nc2ncnc3cc(OCCOC)c(OCCOC)cc23)c1.OCl. The molecular formula is C22H24ClN3O5. The topological polar surface area (TPSA) is 95.0 Å². The van der Waals surface area contributed by atoms with Gasteiger partial charge in [-0.15, -0.1) is 6.42 Å². The van der Waals surface area contributed by atoms with E-state index in [1.807, 2.05) is 36.4 Å². The third-order valence-corrected chi connectivity index (χ3v) is 4.08. The number of anilines is 2. The van der Waals surface area contributed by atoms with E-state index in [0.29, 0.717) is 43.7 Å². The van der Waals surface area contributed by atoms with Crippen molar-refractivity contribution in [1.29, 1.82) is 0 Å². The lowest BCUT2D eigenvalue weighted by atomic mass is 10.2. The van der Waals surface area contributed by atoms with Crippen LogP contribution >= 0.6 is 11.9 Å². The molecule has 1 heterocycles. The largest absolute Gasteiger partial charge is 0.487 e. The zero-order valence-corrected chi connectivity index (χ0v) is 18.1. The van der Waals surface area contributed by atoms with Crippen LogP contribution in [-0.2, 0) is 9.47 Å². The first-order chi connectivity index (χ1) is 15.2. The Morgan fingerprint density at radius 2 is 1.65 bits per heavy atom. The molecule has 164 valence electrons. The fourth-order valence-corrected chi connectivity index (χ4v) is 2.68. The van der Waals surface area contributed by atoms with Crippen LogP contribution in [0.4, 0.5) is 11.5 Å². The lowest BCUT2D eigenvalue weighted by molar-refractivity contribution is 0.132. The number of benzene rings is 2. The molecule has 0 aliphatic rings. The number of methoxy groups -OCH3 is 2. The smallest absolute Gasteiger partial charge is 0.163 e. The number of rotatable bonds is 10. The predicted molar refractivity (Wildman–Crippen MR) is 120 cm³/mol. The van der Waals surface area contributed by atoms with Gasteiger partial charge in [0.1, 0.15) is 25.4 Å². The first kappa shape index (κ1) is 24.2. The molecule has 1 aromatic heterocycles. The Morgan fingerprint density at radius 1 is 0.968 bits per heavy atom. The number of nitrogens with one attached hydrogen (secondary N) is 1. The molecule has 0 atom stereocenters. The number of ether oxygens (including phenoxy) is 4. The number of nitrogens with zero attached hydrogens (tertiary/aromatic N) is 2. The zero-order valence-electron chi connectivity index (χ0n) is 17.3. The van der Waals surface area contributed by atoms with E-state index in [9.17, 15) is 0 Å². The fourth-order valence-electron chi connectivity index (χ4n) is 2.68. The van der Waals surface area contributed by atoms with E-state index in [-0.39, 0.29) is 0 Å². The summed E-state index contributed by atoms with van der Waals surface area (Å²) in [5, 5.41) is 4.10. The normalized spacial score (nSPS) is 10.0. The van der Waals surface area contributed by atoms with Crippen LogP contribution in [-0.4, -0.2) is 55.3 Å². The first-order valence-corrected chi connectivity index (χ1v) is 9.61. The van der Waals surface area contributed by atoms with Gasteiger partial charge in [-0.3, -0.25) is 4.66 Å². The van der Waals surface area contributed by atoms with Crippen molar-refractivity contribution < 1.29 is 23.6 Å². The highest BCUT2D eigenvalue weighted by Gasteiger charge is 2.13. The summed E-state index contributed by atoms with van der Waals surface area (Å²) in [6.45, 7) is 1.73. The van der Waals surface area contributed by atoms with Crippen molar-refractivity contribution >= 4 is 34.3 Å². The van der Waals surface area contributed by atoms with Gasteiger partial charge in [0, 0.05) is 36.9 Å². The van der Waals surface area contributed by atoms with Crippen LogP contribution in [0, 0.1) is 12.3 Å². The van der Waals surface area contributed by atoms with Gasteiger partial charge in [0.05, 0.1) is 30.6 Å². The minimum Gasteiger partial charge on any atom is -0.487 e. The highest BCUT2D eigenvalue weighted by molar-refractivity contribution is 6.04. The van der Waals surface area contributed by atoms with Crippen LogP contribution in [0.25, 0.3) is 10.9 Å². The zero-order chi connectivity index (χ0) is 22.5. The molecule has 8 nitrogen and oxygen atoms in total. The number of aromatic nitrogens is 2. The average Bonchev–Trinajstić information content (AvgIpc) is 2.81. The van der Waals surface area contributed by atoms with Gasteiger partial charge < -0.3 is 24.3 Å². The summed E-state index contributed by atoms with van der Waals surface area (Å²) in [7, 11) is 3.25. The van der Waals surface area contributed by atoms with E-state index < -0.39 is 0 Å². The van der Waals surface area contributed by atoms with Crippen molar-refractivity contribution in [2.75, 3.05) is 46.0 Å². The molecule has 0 bridgehead atoms. The van der Waals surface area contributed by atoms with E-state index in [1.165, 1.54) is 6.33 Å². The molecule has 9 heteroatoms. The minimum absolute atomic E-state index is 0.392. The van der Waals surface area contributed by atoms with Crippen molar-refractivity contribution in [2.45, 2.75) is 0 Å². The maximum atomic E-state index is 6.47. The maximum Gasteiger partial charge on any atom is 0.163 e. The van der Waals surface area contributed by atoms with E-state index >= 15 is 0 Å². The standard InChI is InChI=1S/C22H23N3O4.ClHO/c1-4-16-6-5-7-17(12-16)25-22-18-13-20(28-10-8-26-2)21(29-11-9-27-3)14-19(18)23-15-24-22;1-2/h1,5-7,12-15H,8-11H2,2-3H3,(H,23,24,25);2H. The Labute approximate surface area is 186 Å². The Balaban J connectivity index is 0.00000166. The molecule has 3 aromatic rings. The fraction of sp³-hybridized carbons (Fsp3) is 0.273. The summed E-state index contributed by atoms with van der Waals surface area (Å²) in [4.78, 5) is 8.75. The summed E-state index contributed by atoms with van der Waals surface area (Å²) < 4.78 is 28.3. The Bertz CT molecular complexity index is 1010. The van der Waals surface area contributed by atoms with Crippen molar-refractivity contribution in [3.8, 4) is 23.8 Å². The van der Waals surface area contributed by atoms with E-state index in [0.717, 1.165) is 22.2 Å². The summed E-state index contributed by atoms with van der Waals surface area (Å²) in [6, 6.07) is 11.3.